The van der Waals surface area contributed by atoms with E-state index in [0.29, 0.717) is 30.4 Å². The number of hydrogen-bond donors (Lipinski definition) is 0. The number of esters is 2. The van der Waals surface area contributed by atoms with E-state index >= 15 is 0 Å². The second kappa shape index (κ2) is 15.1. The largest absolute Gasteiger partial charge is 0.465 e. The zero-order valence-corrected chi connectivity index (χ0v) is 25.4. The van der Waals surface area contributed by atoms with Crippen molar-refractivity contribution < 1.29 is 19.1 Å². The molecule has 0 saturated carbocycles. The summed E-state index contributed by atoms with van der Waals surface area (Å²) >= 11 is 2.88. The number of thiazole rings is 1. The van der Waals surface area contributed by atoms with Gasteiger partial charge in [-0.2, -0.15) is 0 Å². The number of likely N-dealkylation sites (N-methyl/N-ethyl adjacent to an activating group) is 1. The van der Waals surface area contributed by atoms with Crippen LogP contribution in [-0.4, -0.2) is 43.2 Å². The van der Waals surface area contributed by atoms with E-state index in [2.05, 4.69) is 36.9 Å². The third-order valence-electron chi connectivity index (χ3n) is 5.99. The van der Waals surface area contributed by atoms with E-state index in [1.807, 2.05) is 75.4 Å². The molecule has 0 bridgehead atoms. The minimum atomic E-state index is -0.424. The smallest absolute Gasteiger partial charge is 0.330 e. The fraction of sp³-hybridized carbons (Fsp3) is 0.300. The number of hydrogen-bond acceptors (Lipinski definition) is 12. The van der Waals surface area contributed by atoms with Crippen LogP contribution in [-0.2, 0) is 25.5 Å². The maximum absolute atomic E-state index is 11.6. The van der Waals surface area contributed by atoms with Gasteiger partial charge in [0, 0.05) is 24.7 Å². The Bertz CT molecular complexity index is 1530. The zero-order valence-electron chi connectivity index (χ0n) is 23.7. The summed E-state index contributed by atoms with van der Waals surface area (Å²) in [6, 6.07) is 17.3. The second-order valence-electron chi connectivity index (χ2n) is 9.36. The number of benzene rings is 2. The first-order chi connectivity index (χ1) is 20.3. The summed E-state index contributed by atoms with van der Waals surface area (Å²) in [5.74, 6) is -0.732. The molecule has 0 aliphatic heterocycles. The number of nitrogens with zero attached hydrogens (tertiary/aromatic N) is 6. The number of rotatable bonds is 14. The van der Waals surface area contributed by atoms with Gasteiger partial charge in [-0.05, 0) is 55.0 Å². The number of ether oxygens (including phenoxy) is 2. The van der Waals surface area contributed by atoms with Gasteiger partial charge in [0.1, 0.15) is 16.4 Å². The Morgan fingerprint density at radius 1 is 0.952 bits per heavy atom. The molecule has 0 unspecified atom stereocenters. The number of thiophene rings is 1. The van der Waals surface area contributed by atoms with Crippen LogP contribution in [0.4, 0.5) is 27.2 Å². The monoisotopic (exact) mass is 604 g/mol. The van der Waals surface area contributed by atoms with Crippen LogP contribution >= 0.6 is 22.7 Å². The number of fused-ring (bicyclic) bond motifs is 1. The van der Waals surface area contributed by atoms with Gasteiger partial charge in [-0.3, -0.25) is 4.79 Å². The first-order valence-corrected chi connectivity index (χ1v) is 15.1. The van der Waals surface area contributed by atoms with E-state index in [0.717, 1.165) is 44.1 Å². The molecule has 42 heavy (non-hydrogen) atoms. The third kappa shape index (κ3) is 8.85. The molecule has 0 radical (unpaired) electrons. The normalized spacial score (nSPS) is 11.5. The number of anilines is 1. The van der Waals surface area contributed by atoms with E-state index in [1.54, 1.807) is 0 Å². The Morgan fingerprint density at radius 2 is 1.64 bits per heavy atom. The van der Waals surface area contributed by atoms with E-state index in [1.165, 1.54) is 22.7 Å². The van der Waals surface area contributed by atoms with E-state index in [9.17, 15) is 9.59 Å². The van der Waals surface area contributed by atoms with Gasteiger partial charge in [-0.1, -0.05) is 55.2 Å². The van der Waals surface area contributed by atoms with Crippen LogP contribution in [0.3, 0.4) is 0 Å². The highest BCUT2D eigenvalue weighted by molar-refractivity contribution is 7.30. The van der Waals surface area contributed by atoms with Crippen molar-refractivity contribution in [3.05, 3.63) is 72.8 Å². The molecule has 0 atom stereocenters. The summed E-state index contributed by atoms with van der Waals surface area (Å²) in [5, 5.41) is 18.6. The summed E-state index contributed by atoms with van der Waals surface area (Å²) in [6.07, 6.45) is 1.81. The molecule has 12 heteroatoms. The van der Waals surface area contributed by atoms with Gasteiger partial charge in [-0.25, -0.2) is 9.78 Å². The Balaban J connectivity index is 1.29. The van der Waals surface area contributed by atoms with Crippen molar-refractivity contribution in [2.45, 2.75) is 27.2 Å². The molecule has 0 spiro atoms. The number of carbonyl (C=O) groups excluding carboxylic acids is 2. The van der Waals surface area contributed by atoms with Crippen LogP contribution in [0, 0.1) is 5.92 Å². The first-order valence-electron chi connectivity index (χ1n) is 13.5. The molecule has 2 aromatic heterocycles. The average Bonchev–Trinajstić information content (AvgIpc) is 3.56. The highest BCUT2D eigenvalue weighted by Crippen LogP contribution is 2.39. The molecule has 4 rings (SSSR count). The summed E-state index contributed by atoms with van der Waals surface area (Å²) in [7, 11) is 0. The zero-order chi connectivity index (χ0) is 29.9. The summed E-state index contributed by atoms with van der Waals surface area (Å²) in [6.45, 7) is 11.1. The average molecular weight is 605 g/mol. The van der Waals surface area contributed by atoms with Crippen molar-refractivity contribution in [1.82, 2.24) is 4.98 Å². The van der Waals surface area contributed by atoms with E-state index in [4.69, 9.17) is 9.47 Å². The standard InChI is InChI=1S/C30H32N6O4S2/c1-5-27(37)39-18-16-36(6-2)24-13-11-23(12-14-24)33-35-30-31-28-25(41-30)19-26(42-28)34-32-22-9-7-21(8-10-22)15-17-40-29(38)20(3)4/h5,7-14,19-20H,1,6,15-18H2,2-4H3. The van der Waals surface area contributed by atoms with Crippen LogP contribution in [0.25, 0.3) is 9.53 Å². The molecule has 0 aliphatic carbocycles. The van der Waals surface area contributed by atoms with Crippen LogP contribution in [0.1, 0.15) is 26.3 Å². The molecular formula is C30H32N6O4S2. The Kier molecular flexibility index (Phi) is 11.0. The fourth-order valence-corrected chi connectivity index (χ4v) is 5.54. The van der Waals surface area contributed by atoms with Crippen LogP contribution in [0.2, 0.25) is 0 Å². The van der Waals surface area contributed by atoms with Crippen molar-refractivity contribution >= 4 is 71.3 Å². The maximum atomic E-state index is 11.6. The highest BCUT2D eigenvalue weighted by atomic mass is 32.1. The highest BCUT2D eigenvalue weighted by Gasteiger charge is 2.10. The summed E-state index contributed by atoms with van der Waals surface area (Å²) < 4.78 is 11.3. The number of aromatic nitrogens is 1. The minimum Gasteiger partial charge on any atom is -0.465 e. The molecule has 0 aliphatic rings. The van der Waals surface area contributed by atoms with E-state index in [-0.39, 0.29) is 18.5 Å². The van der Waals surface area contributed by atoms with Gasteiger partial charge in [0.2, 0.25) is 5.13 Å². The third-order valence-corrected chi connectivity index (χ3v) is 7.92. The molecule has 0 N–H and O–H groups in total. The van der Waals surface area contributed by atoms with Gasteiger partial charge in [-0.15, -0.1) is 20.5 Å². The van der Waals surface area contributed by atoms with Crippen LogP contribution in [0.15, 0.2) is 87.7 Å². The van der Waals surface area contributed by atoms with Crippen molar-refractivity contribution in [3.63, 3.8) is 0 Å². The predicted octanol–water partition coefficient (Wildman–Crippen LogP) is 8.49. The molecule has 0 fully saturated rings. The molecule has 0 amide bonds. The Hall–Kier alpha value is -4.29. The lowest BCUT2D eigenvalue weighted by Crippen LogP contribution is -2.27. The molecule has 0 saturated heterocycles. The van der Waals surface area contributed by atoms with Gasteiger partial charge in [0.05, 0.1) is 35.1 Å². The topological polar surface area (TPSA) is 118 Å². The fourth-order valence-electron chi connectivity index (χ4n) is 3.69. The number of carbonyl (C=O) groups is 2. The van der Waals surface area contributed by atoms with E-state index < -0.39 is 5.97 Å². The summed E-state index contributed by atoms with van der Waals surface area (Å²) in [5.41, 5.74) is 3.52. The lowest BCUT2D eigenvalue weighted by molar-refractivity contribution is -0.147. The van der Waals surface area contributed by atoms with Gasteiger partial charge >= 0.3 is 11.9 Å². The van der Waals surface area contributed by atoms with Gasteiger partial charge in [0.25, 0.3) is 0 Å². The maximum Gasteiger partial charge on any atom is 0.330 e. The van der Waals surface area contributed by atoms with Crippen molar-refractivity contribution in [2.75, 3.05) is 31.2 Å². The second-order valence-corrected chi connectivity index (χ2v) is 11.4. The quantitative estimate of drug-likeness (QED) is 0.0809. The lowest BCUT2D eigenvalue weighted by atomic mass is 10.1. The lowest BCUT2D eigenvalue weighted by Gasteiger charge is -2.22. The van der Waals surface area contributed by atoms with Crippen molar-refractivity contribution in [1.29, 1.82) is 0 Å². The number of azo groups is 2. The predicted molar refractivity (Wildman–Crippen MR) is 167 cm³/mol. The SMILES string of the molecule is C=CC(=O)OCCN(CC)c1ccc(N=Nc2nc3sc(N=Nc4ccc(CCOC(=O)C(C)C)cc4)cc3s2)cc1. The minimum absolute atomic E-state index is 0.122. The van der Waals surface area contributed by atoms with Gasteiger partial charge in [0.15, 0.2) is 0 Å². The van der Waals surface area contributed by atoms with Gasteiger partial charge < -0.3 is 14.4 Å². The van der Waals surface area contributed by atoms with Crippen molar-refractivity contribution in [2.24, 2.45) is 26.4 Å². The van der Waals surface area contributed by atoms with Crippen molar-refractivity contribution in [3.8, 4) is 0 Å². The Labute approximate surface area is 252 Å². The first kappa shape index (κ1) is 30.7. The Morgan fingerprint density at radius 3 is 2.29 bits per heavy atom. The molecular weight excluding hydrogens is 573 g/mol. The summed E-state index contributed by atoms with van der Waals surface area (Å²) in [4.78, 5) is 30.3. The molecule has 2 aromatic carbocycles. The van der Waals surface area contributed by atoms with Crippen LogP contribution < -0.4 is 4.90 Å². The van der Waals surface area contributed by atoms with Crippen LogP contribution in [0.5, 0.6) is 0 Å². The molecule has 10 nitrogen and oxygen atoms in total. The molecule has 218 valence electrons. The molecule has 2 heterocycles. The molecule has 4 aromatic rings.